The fraction of sp³-hybridized carbons (Fsp3) is 0.500. The smallest absolute Gasteiger partial charge is 0.305 e. The first-order valence-corrected chi connectivity index (χ1v) is 6.63. The van der Waals surface area contributed by atoms with Gasteiger partial charge in [0.2, 0.25) is 0 Å². The van der Waals surface area contributed by atoms with Gasteiger partial charge in [-0.1, -0.05) is 0 Å². The van der Waals surface area contributed by atoms with Crippen LogP contribution in [0.3, 0.4) is 0 Å². The van der Waals surface area contributed by atoms with E-state index in [1.807, 2.05) is 0 Å². The topological polar surface area (TPSA) is 86.5 Å². The minimum atomic E-state index is -0.833. The molecule has 6 nitrogen and oxygen atoms in total. The lowest BCUT2D eigenvalue weighted by Crippen LogP contribution is -2.37. The second-order valence-corrected chi connectivity index (χ2v) is 4.72. The van der Waals surface area contributed by atoms with Gasteiger partial charge in [-0.15, -0.1) is 0 Å². The van der Waals surface area contributed by atoms with E-state index in [1.54, 1.807) is 18.3 Å². The molecule has 20 heavy (non-hydrogen) atoms. The molecule has 2 heterocycles. The SMILES string of the molecule is N#Cc1ccnc(N2CCC(OCCC(=O)O)CC2)c1. The summed E-state index contributed by atoms with van der Waals surface area (Å²) < 4.78 is 5.54. The molecule has 0 aromatic carbocycles. The standard InChI is InChI=1S/C14H17N3O3/c15-10-11-1-5-16-13(9-11)17-6-2-12(3-7-17)20-8-4-14(18)19/h1,5,9,12H,2-4,6-8H2,(H,18,19). The number of aliphatic carboxylic acids is 1. The van der Waals surface area contributed by atoms with Crippen LogP contribution in [0.4, 0.5) is 5.82 Å². The Morgan fingerprint density at radius 1 is 1.55 bits per heavy atom. The molecule has 2 rings (SSSR count). The molecule has 1 fully saturated rings. The number of anilines is 1. The van der Waals surface area contributed by atoms with Crippen LogP contribution in [0.25, 0.3) is 0 Å². The Morgan fingerprint density at radius 2 is 2.30 bits per heavy atom. The minimum absolute atomic E-state index is 0.0476. The number of nitrogens with zero attached hydrogens (tertiary/aromatic N) is 3. The Balaban J connectivity index is 1.82. The van der Waals surface area contributed by atoms with Crippen LogP contribution in [0.15, 0.2) is 18.3 Å². The number of ether oxygens (including phenoxy) is 1. The number of aromatic nitrogens is 1. The molecule has 0 spiro atoms. The predicted octanol–water partition coefficient (Wildman–Crippen LogP) is 1.41. The zero-order valence-electron chi connectivity index (χ0n) is 11.2. The number of carbonyl (C=O) groups is 1. The Kier molecular flexibility index (Phi) is 4.91. The van der Waals surface area contributed by atoms with E-state index in [2.05, 4.69) is 16.0 Å². The minimum Gasteiger partial charge on any atom is -0.481 e. The lowest BCUT2D eigenvalue weighted by atomic mass is 10.1. The van der Waals surface area contributed by atoms with Gasteiger partial charge in [-0.3, -0.25) is 4.79 Å². The molecular formula is C14H17N3O3. The van der Waals surface area contributed by atoms with Crippen molar-refractivity contribution in [3.63, 3.8) is 0 Å². The number of carboxylic acids is 1. The molecule has 0 bridgehead atoms. The zero-order valence-corrected chi connectivity index (χ0v) is 11.2. The van der Waals surface area contributed by atoms with Gasteiger partial charge in [0, 0.05) is 19.3 Å². The Hall–Kier alpha value is -2.13. The Labute approximate surface area is 117 Å². The fourth-order valence-electron chi connectivity index (χ4n) is 2.23. The molecule has 1 aromatic heterocycles. The van der Waals surface area contributed by atoms with Crippen molar-refractivity contribution in [1.82, 2.24) is 4.98 Å². The summed E-state index contributed by atoms with van der Waals surface area (Å²) in [5, 5.41) is 17.4. The van der Waals surface area contributed by atoms with E-state index in [4.69, 9.17) is 15.1 Å². The summed E-state index contributed by atoms with van der Waals surface area (Å²) in [7, 11) is 0. The number of piperidine rings is 1. The lowest BCUT2D eigenvalue weighted by molar-refractivity contribution is -0.138. The second kappa shape index (κ2) is 6.87. The van der Waals surface area contributed by atoms with Gasteiger partial charge >= 0.3 is 5.97 Å². The molecule has 1 aliphatic rings. The molecule has 0 unspecified atom stereocenters. The maximum atomic E-state index is 10.4. The van der Waals surface area contributed by atoms with Crippen LogP contribution in [-0.2, 0) is 9.53 Å². The predicted molar refractivity (Wildman–Crippen MR) is 72.4 cm³/mol. The van der Waals surface area contributed by atoms with E-state index in [9.17, 15) is 4.79 Å². The summed E-state index contributed by atoms with van der Waals surface area (Å²) in [6.07, 6.45) is 3.50. The largest absolute Gasteiger partial charge is 0.481 e. The van der Waals surface area contributed by atoms with E-state index >= 15 is 0 Å². The second-order valence-electron chi connectivity index (χ2n) is 4.72. The molecule has 0 radical (unpaired) electrons. The van der Waals surface area contributed by atoms with E-state index in [1.165, 1.54) is 0 Å². The summed E-state index contributed by atoms with van der Waals surface area (Å²) >= 11 is 0. The van der Waals surface area contributed by atoms with Crippen molar-refractivity contribution >= 4 is 11.8 Å². The molecule has 1 aliphatic heterocycles. The molecular weight excluding hydrogens is 258 g/mol. The van der Waals surface area contributed by atoms with Gasteiger partial charge in [-0.2, -0.15) is 5.26 Å². The third-order valence-corrected chi connectivity index (χ3v) is 3.31. The highest BCUT2D eigenvalue weighted by Gasteiger charge is 2.20. The first-order chi connectivity index (χ1) is 9.69. The molecule has 6 heteroatoms. The number of carboxylic acid groups (broad SMARTS) is 1. The van der Waals surface area contributed by atoms with Crippen LogP contribution in [0.5, 0.6) is 0 Å². The van der Waals surface area contributed by atoms with E-state index in [0.29, 0.717) is 5.56 Å². The van der Waals surface area contributed by atoms with Gasteiger partial charge in [0.05, 0.1) is 30.8 Å². The summed E-state index contributed by atoms with van der Waals surface area (Å²) in [4.78, 5) is 16.8. The van der Waals surface area contributed by atoms with Crippen LogP contribution in [0, 0.1) is 11.3 Å². The Morgan fingerprint density at radius 3 is 2.95 bits per heavy atom. The van der Waals surface area contributed by atoms with Crippen molar-refractivity contribution in [3.05, 3.63) is 23.9 Å². The number of nitriles is 1. The number of hydrogen-bond acceptors (Lipinski definition) is 5. The molecule has 0 aliphatic carbocycles. The highest BCUT2D eigenvalue weighted by Crippen LogP contribution is 2.20. The van der Waals surface area contributed by atoms with Crippen LogP contribution >= 0.6 is 0 Å². The summed E-state index contributed by atoms with van der Waals surface area (Å²) in [5.41, 5.74) is 0.606. The lowest BCUT2D eigenvalue weighted by Gasteiger charge is -2.32. The van der Waals surface area contributed by atoms with Gasteiger partial charge in [0.15, 0.2) is 0 Å². The van der Waals surface area contributed by atoms with Gasteiger partial charge in [0.25, 0.3) is 0 Å². The normalized spacial score (nSPS) is 15.8. The molecule has 1 saturated heterocycles. The Bertz CT molecular complexity index is 505. The van der Waals surface area contributed by atoms with Gasteiger partial charge in [0.1, 0.15) is 5.82 Å². The average Bonchev–Trinajstić information content (AvgIpc) is 2.48. The first kappa shape index (κ1) is 14.3. The summed E-state index contributed by atoms with van der Waals surface area (Å²) in [6, 6.07) is 5.58. The number of hydrogen-bond donors (Lipinski definition) is 1. The first-order valence-electron chi connectivity index (χ1n) is 6.63. The van der Waals surface area contributed by atoms with Crippen molar-refractivity contribution in [2.24, 2.45) is 0 Å². The molecule has 1 N–H and O–H groups in total. The summed E-state index contributed by atoms with van der Waals surface area (Å²) in [6.45, 7) is 1.88. The van der Waals surface area contributed by atoms with Crippen molar-refractivity contribution in [2.75, 3.05) is 24.6 Å². The molecule has 106 valence electrons. The molecule has 0 saturated carbocycles. The molecule has 0 atom stereocenters. The quantitative estimate of drug-likeness (QED) is 0.874. The van der Waals surface area contributed by atoms with Crippen LogP contribution < -0.4 is 4.90 Å². The highest BCUT2D eigenvalue weighted by atomic mass is 16.5. The van der Waals surface area contributed by atoms with Crippen LogP contribution in [-0.4, -0.2) is 41.9 Å². The van der Waals surface area contributed by atoms with Crippen molar-refractivity contribution in [2.45, 2.75) is 25.4 Å². The van der Waals surface area contributed by atoms with Crippen LogP contribution in [0.1, 0.15) is 24.8 Å². The monoisotopic (exact) mass is 275 g/mol. The summed E-state index contributed by atoms with van der Waals surface area (Å²) in [5.74, 6) is -0.0204. The number of pyridine rings is 1. The average molecular weight is 275 g/mol. The molecule has 0 amide bonds. The van der Waals surface area contributed by atoms with Gasteiger partial charge in [-0.05, 0) is 25.0 Å². The fourth-order valence-corrected chi connectivity index (χ4v) is 2.23. The van der Waals surface area contributed by atoms with Crippen LogP contribution in [0.2, 0.25) is 0 Å². The van der Waals surface area contributed by atoms with E-state index in [-0.39, 0.29) is 19.1 Å². The van der Waals surface area contributed by atoms with E-state index in [0.717, 1.165) is 31.7 Å². The third-order valence-electron chi connectivity index (χ3n) is 3.31. The van der Waals surface area contributed by atoms with E-state index < -0.39 is 5.97 Å². The number of rotatable bonds is 5. The highest BCUT2D eigenvalue weighted by molar-refractivity contribution is 5.66. The third kappa shape index (κ3) is 3.93. The van der Waals surface area contributed by atoms with Gasteiger partial charge < -0.3 is 14.7 Å². The maximum absolute atomic E-state index is 10.4. The van der Waals surface area contributed by atoms with Gasteiger partial charge in [-0.25, -0.2) is 4.98 Å². The maximum Gasteiger partial charge on any atom is 0.305 e. The van der Waals surface area contributed by atoms with Crippen molar-refractivity contribution in [3.8, 4) is 6.07 Å². The van der Waals surface area contributed by atoms with Crippen molar-refractivity contribution in [1.29, 1.82) is 5.26 Å². The molecule has 1 aromatic rings. The van der Waals surface area contributed by atoms with Crippen molar-refractivity contribution < 1.29 is 14.6 Å². The zero-order chi connectivity index (χ0) is 14.4.